The molecule has 0 saturated carbocycles. The van der Waals surface area contributed by atoms with Crippen molar-refractivity contribution in [1.29, 1.82) is 0 Å². The third-order valence-corrected chi connectivity index (χ3v) is 2.49. The van der Waals surface area contributed by atoms with E-state index in [9.17, 15) is 0 Å². The Balaban J connectivity index is 2.17. The van der Waals surface area contributed by atoms with Crippen LogP contribution in [0.3, 0.4) is 0 Å². The fourth-order valence-electron chi connectivity index (χ4n) is 1.41. The van der Waals surface area contributed by atoms with Crippen LogP contribution in [0, 0.1) is 0 Å². The smallest absolute Gasteiger partial charge is 0.203 e. The standard InChI is InChI=1S/C11H12N2OS/c1-14-10-4-2-9(3-5-10)8-13-7-6-11(15)12-13/h2-5,8H,6-7H2,1H3. The Morgan fingerprint density at radius 1 is 1.40 bits per heavy atom. The number of hydrazone groups is 1. The van der Waals surface area contributed by atoms with Crippen molar-refractivity contribution in [3.05, 3.63) is 29.8 Å². The number of ether oxygens (including phenoxy) is 1. The molecule has 2 rings (SSSR count). The molecule has 0 unspecified atom stereocenters. The Labute approximate surface area is 94.5 Å². The number of nitrogens with zero attached hydrogens (tertiary/aromatic N) is 2. The highest BCUT2D eigenvalue weighted by Gasteiger charge is 2.09. The minimum Gasteiger partial charge on any atom is -0.759 e. The lowest BCUT2D eigenvalue weighted by Gasteiger charge is -1.97. The van der Waals surface area contributed by atoms with Crippen LogP contribution in [0.2, 0.25) is 0 Å². The van der Waals surface area contributed by atoms with Gasteiger partial charge in [0.15, 0.2) is 6.54 Å². The first-order valence-corrected chi connectivity index (χ1v) is 5.19. The summed E-state index contributed by atoms with van der Waals surface area (Å²) in [5.74, 6) is 0.862. The quantitative estimate of drug-likeness (QED) is 0.556. The van der Waals surface area contributed by atoms with Gasteiger partial charge in [0.05, 0.1) is 7.11 Å². The topological polar surface area (TPSA) is 24.6 Å². The molecule has 3 nitrogen and oxygen atoms in total. The minimum absolute atomic E-state index is 0.778. The van der Waals surface area contributed by atoms with Crippen molar-refractivity contribution in [3.8, 4) is 5.75 Å². The summed E-state index contributed by atoms with van der Waals surface area (Å²) in [7, 11) is 1.66. The van der Waals surface area contributed by atoms with Gasteiger partial charge < -0.3 is 17.4 Å². The van der Waals surface area contributed by atoms with Gasteiger partial charge in [-0.25, -0.2) is 0 Å². The van der Waals surface area contributed by atoms with Crippen molar-refractivity contribution in [3.63, 3.8) is 0 Å². The van der Waals surface area contributed by atoms with Crippen molar-refractivity contribution in [2.24, 2.45) is 5.10 Å². The van der Waals surface area contributed by atoms with Gasteiger partial charge in [-0.15, -0.1) is 0 Å². The highest BCUT2D eigenvalue weighted by molar-refractivity contribution is 7.77. The Morgan fingerprint density at radius 3 is 2.67 bits per heavy atom. The van der Waals surface area contributed by atoms with Gasteiger partial charge >= 0.3 is 0 Å². The lowest BCUT2D eigenvalue weighted by atomic mass is 10.2. The normalized spacial score (nSPS) is 17.9. The molecule has 1 aliphatic heterocycles. The largest absolute Gasteiger partial charge is 0.759 e. The molecule has 1 aliphatic rings. The van der Waals surface area contributed by atoms with Gasteiger partial charge in [0.1, 0.15) is 5.75 Å². The second-order valence-electron chi connectivity index (χ2n) is 3.31. The highest BCUT2D eigenvalue weighted by atomic mass is 32.1. The molecule has 15 heavy (non-hydrogen) atoms. The molecule has 0 amide bonds. The van der Waals surface area contributed by atoms with E-state index < -0.39 is 0 Å². The number of benzene rings is 1. The molecular weight excluding hydrogens is 208 g/mol. The van der Waals surface area contributed by atoms with Crippen LogP contribution in [0.4, 0.5) is 0 Å². The van der Waals surface area contributed by atoms with Crippen LogP contribution in [0.1, 0.15) is 12.0 Å². The molecule has 0 fully saturated rings. The number of hydrogen-bond donors (Lipinski definition) is 0. The molecule has 0 bridgehead atoms. The van der Waals surface area contributed by atoms with E-state index in [0.29, 0.717) is 0 Å². The maximum Gasteiger partial charge on any atom is 0.203 e. The summed E-state index contributed by atoms with van der Waals surface area (Å²) in [5.41, 5.74) is 1.10. The Morgan fingerprint density at radius 2 is 2.13 bits per heavy atom. The lowest BCUT2D eigenvalue weighted by molar-refractivity contribution is -0.517. The first kappa shape index (κ1) is 10.1. The molecule has 0 aromatic heterocycles. The SMILES string of the molecule is COc1ccc(C=[N+]2CCC([S-])=N2)cc1. The first-order chi connectivity index (χ1) is 7.28. The monoisotopic (exact) mass is 220 g/mol. The third kappa shape index (κ3) is 2.53. The van der Waals surface area contributed by atoms with Crippen molar-refractivity contribution in [1.82, 2.24) is 0 Å². The summed E-state index contributed by atoms with van der Waals surface area (Å²) in [5, 5.41) is 4.98. The van der Waals surface area contributed by atoms with Gasteiger partial charge in [0.25, 0.3) is 0 Å². The van der Waals surface area contributed by atoms with E-state index in [1.54, 1.807) is 7.11 Å². The summed E-state index contributed by atoms with van der Waals surface area (Å²) in [4.78, 5) is 0. The molecule has 0 atom stereocenters. The minimum atomic E-state index is 0.778. The average molecular weight is 220 g/mol. The fraction of sp³-hybridized carbons (Fsp3) is 0.273. The predicted molar refractivity (Wildman–Crippen MR) is 62.7 cm³/mol. The summed E-state index contributed by atoms with van der Waals surface area (Å²) in [6, 6.07) is 7.85. The van der Waals surface area contributed by atoms with Crippen LogP contribution in [-0.4, -0.2) is 29.6 Å². The summed E-state index contributed by atoms with van der Waals surface area (Å²) < 4.78 is 6.96. The predicted octanol–water partition coefficient (Wildman–Crippen LogP) is 1.39. The number of hydrogen-bond acceptors (Lipinski definition) is 3. The first-order valence-electron chi connectivity index (χ1n) is 4.78. The molecular formula is C11H12N2OS. The molecule has 4 heteroatoms. The van der Waals surface area contributed by atoms with Crippen molar-refractivity contribution >= 4 is 23.9 Å². The van der Waals surface area contributed by atoms with Crippen LogP contribution >= 0.6 is 0 Å². The maximum atomic E-state index is 5.08. The second-order valence-corrected chi connectivity index (χ2v) is 3.78. The molecule has 1 aromatic rings. The molecule has 1 aromatic carbocycles. The lowest BCUT2D eigenvalue weighted by Crippen LogP contribution is -2.02. The van der Waals surface area contributed by atoms with E-state index in [2.05, 4.69) is 5.10 Å². The summed E-state index contributed by atoms with van der Waals surface area (Å²) in [6.07, 6.45) is 2.86. The number of methoxy groups -OCH3 is 1. The molecule has 0 saturated heterocycles. The van der Waals surface area contributed by atoms with Gasteiger partial charge in [-0.05, 0) is 34.4 Å². The maximum absolute atomic E-state index is 5.08. The summed E-state index contributed by atoms with van der Waals surface area (Å²) in [6.45, 7) is 0.880. The van der Waals surface area contributed by atoms with E-state index in [0.717, 1.165) is 29.3 Å². The second kappa shape index (κ2) is 4.40. The van der Waals surface area contributed by atoms with Gasteiger partial charge in [-0.3, -0.25) is 0 Å². The third-order valence-electron chi connectivity index (χ3n) is 2.21. The van der Waals surface area contributed by atoms with Crippen molar-refractivity contribution in [2.45, 2.75) is 6.42 Å². The summed E-state index contributed by atoms with van der Waals surface area (Å²) >= 11 is 5.00. The van der Waals surface area contributed by atoms with E-state index in [4.69, 9.17) is 17.4 Å². The van der Waals surface area contributed by atoms with Crippen LogP contribution in [0.15, 0.2) is 29.4 Å². The van der Waals surface area contributed by atoms with Gasteiger partial charge in [-0.1, -0.05) is 4.68 Å². The van der Waals surface area contributed by atoms with Crippen LogP contribution in [0.5, 0.6) is 5.75 Å². The van der Waals surface area contributed by atoms with Crippen LogP contribution < -0.4 is 4.74 Å². The molecule has 0 radical (unpaired) electrons. The average Bonchev–Trinajstić information content (AvgIpc) is 2.65. The Kier molecular flexibility index (Phi) is 2.97. The van der Waals surface area contributed by atoms with E-state index in [-0.39, 0.29) is 0 Å². The zero-order valence-corrected chi connectivity index (χ0v) is 9.33. The molecule has 0 spiro atoms. The highest BCUT2D eigenvalue weighted by Crippen LogP contribution is 2.10. The molecule has 78 valence electrons. The molecule has 0 aliphatic carbocycles. The van der Waals surface area contributed by atoms with Crippen molar-refractivity contribution in [2.75, 3.05) is 13.7 Å². The number of rotatable bonds is 2. The Bertz CT molecular complexity index is 409. The molecule has 1 heterocycles. The molecule has 0 N–H and O–H groups in total. The fourth-order valence-corrected chi connectivity index (χ4v) is 1.61. The Hall–Kier alpha value is -1.42. The van der Waals surface area contributed by atoms with Crippen LogP contribution in [-0.2, 0) is 12.6 Å². The van der Waals surface area contributed by atoms with Gasteiger partial charge in [0, 0.05) is 12.0 Å². The van der Waals surface area contributed by atoms with Crippen molar-refractivity contribution < 1.29 is 9.42 Å². The van der Waals surface area contributed by atoms with E-state index >= 15 is 0 Å². The zero-order valence-electron chi connectivity index (χ0n) is 8.51. The van der Waals surface area contributed by atoms with Gasteiger partial charge in [-0.2, -0.15) is 0 Å². The van der Waals surface area contributed by atoms with E-state index in [1.165, 1.54) is 0 Å². The van der Waals surface area contributed by atoms with E-state index in [1.807, 2.05) is 35.2 Å². The van der Waals surface area contributed by atoms with Crippen LogP contribution in [0.25, 0.3) is 0 Å². The van der Waals surface area contributed by atoms with Gasteiger partial charge in [0.2, 0.25) is 6.21 Å². The zero-order chi connectivity index (χ0) is 10.7.